The summed E-state index contributed by atoms with van der Waals surface area (Å²) < 4.78 is 5.08. The molecule has 0 aromatic rings. The molecule has 0 spiro atoms. The Morgan fingerprint density at radius 3 is 2.55 bits per heavy atom. The predicted molar refractivity (Wildman–Crippen MR) is 37.1 cm³/mol. The largest absolute Gasteiger partial charge is 0.481 e. The fraction of sp³-hybridized carbons (Fsp3) is 0.571. The molecule has 0 aromatic carbocycles. The van der Waals surface area contributed by atoms with Crippen molar-refractivity contribution in [3.8, 4) is 0 Å². The molecule has 0 saturated heterocycles. The number of aliphatic hydroxyl groups excluding tert-OH is 1. The molecule has 62 valence electrons. The van der Waals surface area contributed by atoms with Gasteiger partial charge in [0.15, 0.2) is 0 Å². The maximum Gasteiger partial charge on any atom is 0.306 e. The average Bonchev–Trinajstić information content (AvgIpc) is 2.34. The Balaban J connectivity index is 2.32. The van der Waals surface area contributed by atoms with Crippen molar-refractivity contribution in [2.24, 2.45) is 0 Å². The van der Waals surface area contributed by atoms with Gasteiger partial charge in [0.25, 0.3) is 0 Å². The molecule has 1 rings (SSSR count). The van der Waals surface area contributed by atoms with Gasteiger partial charge in [-0.3, -0.25) is 4.79 Å². The summed E-state index contributed by atoms with van der Waals surface area (Å²) in [5.74, 6) is -0.891. The lowest BCUT2D eigenvalue weighted by Crippen LogP contribution is -2.18. The lowest BCUT2D eigenvalue weighted by Gasteiger charge is -2.09. The summed E-state index contributed by atoms with van der Waals surface area (Å²) in [5.41, 5.74) is 0. The molecule has 2 N–H and O–H groups in total. The Morgan fingerprint density at radius 1 is 1.45 bits per heavy atom. The molecule has 0 saturated carbocycles. The standard InChI is InChI=1S/C7H10O4/c8-4-6-2-1-5(11-6)3-7(9)10/h1-2,5-6,8H,3-4H2,(H,9,10). The molecule has 1 aliphatic rings. The first-order valence-electron chi connectivity index (χ1n) is 3.39. The van der Waals surface area contributed by atoms with Crippen molar-refractivity contribution >= 4 is 5.97 Å². The second-order valence-electron chi connectivity index (χ2n) is 2.38. The number of rotatable bonds is 3. The topological polar surface area (TPSA) is 66.8 Å². The molecule has 1 aliphatic heterocycles. The molecule has 0 radical (unpaired) electrons. The minimum atomic E-state index is -0.891. The SMILES string of the molecule is O=C(O)CC1C=CC(CO)O1. The zero-order chi connectivity index (χ0) is 8.27. The monoisotopic (exact) mass is 158 g/mol. The highest BCUT2D eigenvalue weighted by atomic mass is 16.5. The van der Waals surface area contributed by atoms with Crippen molar-refractivity contribution in [3.63, 3.8) is 0 Å². The van der Waals surface area contributed by atoms with Crippen molar-refractivity contribution in [2.45, 2.75) is 18.6 Å². The molecule has 0 aromatic heterocycles. The molecule has 4 nitrogen and oxygen atoms in total. The van der Waals surface area contributed by atoms with E-state index in [2.05, 4.69) is 0 Å². The van der Waals surface area contributed by atoms with E-state index >= 15 is 0 Å². The summed E-state index contributed by atoms with van der Waals surface area (Å²) in [6.07, 6.45) is 2.61. The van der Waals surface area contributed by atoms with Gasteiger partial charge in [-0.25, -0.2) is 0 Å². The van der Waals surface area contributed by atoms with Gasteiger partial charge < -0.3 is 14.9 Å². The van der Waals surface area contributed by atoms with Crippen molar-refractivity contribution < 1.29 is 19.7 Å². The van der Waals surface area contributed by atoms with E-state index in [1.807, 2.05) is 0 Å². The van der Waals surface area contributed by atoms with Gasteiger partial charge in [0.05, 0.1) is 25.2 Å². The third-order valence-corrected chi connectivity index (χ3v) is 1.45. The molecule has 0 aliphatic carbocycles. The van der Waals surface area contributed by atoms with E-state index in [4.69, 9.17) is 14.9 Å². The number of ether oxygens (including phenoxy) is 1. The first-order chi connectivity index (χ1) is 5.22. The summed E-state index contributed by atoms with van der Waals surface area (Å²) in [4.78, 5) is 10.2. The Morgan fingerprint density at radius 2 is 2.09 bits per heavy atom. The molecule has 1 heterocycles. The first-order valence-corrected chi connectivity index (χ1v) is 3.39. The van der Waals surface area contributed by atoms with Gasteiger partial charge in [-0.1, -0.05) is 12.2 Å². The van der Waals surface area contributed by atoms with Crippen LogP contribution < -0.4 is 0 Å². The molecule has 0 amide bonds. The molecule has 0 bridgehead atoms. The smallest absolute Gasteiger partial charge is 0.306 e. The van der Waals surface area contributed by atoms with Crippen molar-refractivity contribution in [3.05, 3.63) is 12.2 Å². The van der Waals surface area contributed by atoms with Crippen LogP contribution in [0.3, 0.4) is 0 Å². The maximum absolute atomic E-state index is 10.2. The Bertz CT molecular complexity index is 175. The fourth-order valence-corrected chi connectivity index (χ4v) is 0.955. The van der Waals surface area contributed by atoms with E-state index in [1.54, 1.807) is 12.2 Å². The van der Waals surface area contributed by atoms with Crippen LogP contribution >= 0.6 is 0 Å². The van der Waals surface area contributed by atoms with E-state index in [9.17, 15) is 4.79 Å². The summed E-state index contributed by atoms with van der Waals surface area (Å²) in [5, 5.41) is 17.0. The van der Waals surface area contributed by atoms with Crippen LogP contribution in [-0.2, 0) is 9.53 Å². The number of aliphatic carboxylic acids is 1. The third kappa shape index (κ3) is 2.32. The average molecular weight is 158 g/mol. The Kier molecular flexibility index (Phi) is 2.62. The second-order valence-corrected chi connectivity index (χ2v) is 2.38. The van der Waals surface area contributed by atoms with Crippen molar-refractivity contribution in [1.82, 2.24) is 0 Å². The molecule has 4 heteroatoms. The predicted octanol–water partition coefficient (Wildman–Crippen LogP) is -0.223. The second kappa shape index (κ2) is 3.50. The van der Waals surface area contributed by atoms with Gasteiger partial charge in [0.2, 0.25) is 0 Å². The minimum Gasteiger partial charge on any atom is -0.481 e. The summed E-state index contributed by atoms with van der Waals surface area (Å²) in [6.45, 7) is -0.0907. The lowest BCUT2D eigenvalue weighted by atomic mass is 10.2. The maximum atomic E-state index is 10.2. The van der Waals surface area contributed by atoms with Crippen LogP contribution in [0.25, 0.3) is 0 Å². The summed E-state index contributed by atoms with van der Waals surface area (Å²) in [7, 11) is 0. The number of carbonyl (C=O) groups is 1. The fourth-order valence-electron chi connectivity index (χ4n) is 0.955. The van der Waals surface area contributed by atoms with E-state index in [-0.39, 0.29) is 25.2 Å². The molecule has 11 heavy (non-hydrogen) atoms. The number of hydrogen-bond acceptors (Lipinski definition) is 3. The first kappa shape index (κ1) is 8.23. The highest BCUT2D eigenvalue weighted by Gasteiger charge is 2.20. The lowest BCUT2D eigenvalue weighted by molar-refractivity contribution is -0.139. The van der Waals surface area contributed by atoms with Gasteiger partial charge in [0, 0.05) is 0 Å². The minimum absolute atomic E-state index is 0.0347. The highest BCUT2D eigenvalue weighted by Crippen LogP contribution is 2.13. The molecule has 2 unspecified atom stereocenters. The number of aliphatic hydroxyl groups is 1. The quantitative estimate of drug-likeness (QED) is 0.557. The van der Waals surface area contributed by atoms with Gasteiger partial charge in [0.1, 0.15) is 0 Å². The Labute approximate surface area is 64.1 Å². The van der Waals surface area contributed by atoms with Crippen molar-refractivity contribution in [2.75, 3.05) is 6.61 Å². The van der Waals surface area contributed by atoms with Crippen LogP contribution in [0.4, 0.5) is 0 Å². The zero-order valence-electron chi connectivity index (χ0n) is 5.93. The van der Waals surface area contributed by atoms with Crippen LogP contribution in [0, 0.1) is 0 Å². The summed E-state index contributed by atoms with van der Waals surface area (Å²) >= 11 is 0. The molecular formula is C7H10O4. The van der Waals surface area contributed by atoms with Crippen LogP contribution in [0.5, 0.6) is 0 Å². The Hall–Kier alpha value is -0.870. The highest BCUT2D eigenvalue weighted by molar-refractivity contribution is 5.67. The van der Waals surface area contributed by atoms with Gasteiger partial charge in [-0.15, -0.1) is 0 Å². The van der Waals surface area contributed by atoms with Gasteiger partial charge >= 0.3 is 5.97 Å². The van der Waals surface area contributed by atoms with E-state index < -0.39 is 5.97 Å². The van der Waals surface area contributed by atoms with Crippen LogP contribution in [0.1, 0.15) is 6.42 Å². The number of hydrogen-bond donors (Lipinski definition) is 2. The van der Waals surface area contributed by atoms with Gasteiger partial charge in [-0.05, 0) is 0 Å². The van der Waals surface area contributed by atoms with Gasteiger partial charge in [-0.2, -0.15) is 0 Å². The van der Waals surface area contributed by atoms with Crippen LogP contribution in [0.2, 0.25) is 0 Å². The summed E-state index contributed by atoms with van der Waals surface area (Å²) in [6, 6.07) is 0. The number of carboxylic acids is 1. The van der Waals surface area contributed by atoms with E-state index in [0.717, 1.165) is 0 Å². The zero-order valence-corrected chi connectivity index (χ0v) is 5.93. The van der Waals surface area contributed by atoms with Crippen LogP contribution in [0.15, 0.2) is 12.2 Å². The molecule has 0 fully saturated rings. The third-order valence-electron chi connectivity index (χ3n) is 1.45. The molecular weight excluding hydrogens is 148 g/mol. The number of carboxylic acid groups (broad SMARTS) is 1. The van der Waals surface area contributed by atoms with E-state index in [0.29, 0.717) is 0 Å². The normalized spacial score (nSPS) is 29.2. The van der Waals surface area contributed by atoms with Crippen molar-refractivity contribution in [1.29, 1.82) is 0 Å². The molecule has 2 atom stereocenters. The van der Waals surface area contributed by atoms with Crippen LogP contribution in [-0.4, -0.2) is 35.0 Å². The van der Waals surface area contributed by atoms with E-state index in [1.165, 1.54) is 0 Å².